The molecule has 1 fully saturated rings. The zero-order chi connectivity index (χ0) is 20.6. The summed E-state index contributed by atoms with van der Waals surface area (Å²) in [5.41, 5.74) is 3.35. The molecular weight excluding hydrogens is 384 g/mol. The maximum Gasteiger partial charge on any atom is 0.191 e. The Balaban J connectivity index is 1.64. The lowest BCUT2D eigenvalue weighted by molar-refractivity contribution is 0.0676. The van der Waals surface area contributed by atoms with Crippen molar-refractivity contribution in [3.63, 3.8) is 0 Å². The van der Waals surface area contributed by atoms with Gasteiger partial charge >= 0.3 is 0 Å². The lowest BCUT2D eigenvalue weighted by atomic mass is 10.1. The molecule has 6 nitrogen and oxygen atoms in total. The summed E-state index contributed by atoms with van der Waals surface area (Å²) in [6.45, 7) is 11.8. The second kappa shape index (κ2) is 10.6. The van der Waals surface area contributed by atoms with E-state index in [4.69, 9.17) is 14.5 Å². The monoisotopic (exact) mass is 416 g/mol. The molecular formula is C22H32N4O2S. The number of nitrogens with zero attached hydrogens (tertiary/aromatic N) is 2. The molecule has 0 bridgehead atoms. The Kier molecular flexibility index (Phi) is 7.89. The van der Waals surface area contributed by atoms with Gasteiger partial charge in [0.15, 0.2) is 5.96 Å². The van der Waals surface area contributed by atoms with E-state index in [0.717, 1.165) is 54.0 Å². The van der Waals surface area contributed by atoms with E-state index in [9.17, 15) is 0 Å². The minimum atomic E-state index is 0.205. The molecule has 1 saturated heterocycles. The summed E-state index contributed by atoms with van der Waals surface area (Å²) in [6.07, 6.45) is 2.40. The van der Waals surface area contributed by atoms with Crippen LogP contribution < -0.4 is 15.4 Å². The van der Waals surface area contributed by atoms with Gasteiger partial charge in [0.25, 0.3) is 0 Å². The highest BCUT2D eigenvalue weighted by molar-refractivity contribution is 7.11. The van der Waals surface area contributed by atoms with Crippen molar-refractivity contribution in [1.82, 2.24) is 15.6 Å². The van der Waals surface area contributed by atoms with E-state index in [1.165, 1.54) is 10.4 Å². The lowest BCUT2D eigenvalue weighted by Gasteiger charge is -2.15. The number of aromatic nitrogens is 1. The summed E-state index contributed by atoms with van der Waals surface area (Å²) in [4.78, 5) is 10.6. The van der Waals surface area contributed by atoms with Crippen LogP contribution in [0.3, 0.4) is 0 Å². The molecule has 1 aromatic heterocycles. The molecule has 0 radical (unpaired) electrons. The molecule has 0 saturated carbocycles. The molecule has 0 spiro atoms. The molecule has 2 heterocycles. The number of benzene rings is 1. The average molecular weight is 417 g/mol. The van der Waals surface area contributed by atoms with Crippen LogP contribution in [0, 0.1) is 20.8 Å². The van der Waals surface area contributed by atoms with Crippen LogP contribution in [-0.4, -0.2) is 36.8 Å². The predicted octanol–water partition coefficient (Wildman–Crippen LogP) is 3.88. The zero-order valence-electron chi connectivity index (χ0n) is 17.9. The topological polar surface area (TPSA) is 67.8 Å². The Morgan fingerprint density at radius 1 is 1.31 bits per heavy atom. The number of rotatable bonds is 8. The molecule has 1 aliphatic rings. The molecule has 1 aromatic carbocycles. The highest BCUT2D eigenvalue weighted by Gasteiger charge is 2.17. The van der Waals surface area contributed by atoms with Gasteiger partial charge in [-0.05, 0) is 52.2 Å². The molecule has 3 rings (SSSR count). The minimum Gasteiger partial charge on any atom is -0.491 e. The molecule has 1 aliphatic heterocycles. The molecule has 2 N–H and O–H groups in total. The van der Waals surface area contributed by atoms with Gasteiger partial charge in [0.05, 0.1) is 24.9 Å². The summed E-state index contributed by atoms with van der Waals surface area (Å²) < 4.78 is 11.8. The Morgan fingerprint density at radius 3 is 2.86 bits per heavy atom. The molecule has 0 aliphatic carbocycles. The third kappa shape index (κ3) is 6.44. The van der Waals surface area contributed by atoms with E-state index in [-0.39, 0.29) is 6.10 Å². The van der Waals surface area contributed by atoms with Crippen LogP contribution in [0.25, 0.3) is 0 Å². The molecule has 7 heteroatoms. The fourth-order valence-corrected chi connectivity index (χ4v) is 4.04. The maximum absolute atomic E-state index is 6.10. The zero-order valence-corrected chi connectivity index (χ0v) is 18.7. The normalized spacial score (nSPS) is 16.8. The van der Waals surface area contributed by atoms with E-state index in [1.807, 2.05) is 6.92 Å². The van der Waals surface area contributed by atoms with Gasteiger partial charge in [0.1, 0.15) is 17.4 Å². The van der Waals surface area contributed by atoms with Gasteiger partial charge in [-0.15, -0.1) is 11.3 Å². The second-order valence-corrected chi connectivity index (χ2v) is 8.64. The largest absolute Gasteiger partial charge is 0.491 e. The number of nitrogens with one attached hydrogen (secondary N) is 2. The summed E-state index contributed by atoms with van der Waals surface area (Å²) in [5, 5.41) is 7.76. The summed E-state index contributed by atoms with van der Waals surface area (Å²) in [5.74, 6) is 1.68. The summed E-state index contributed by atoms with van der Waals surface area (Å²) in [7, 11) is 0. The van der Waals surface area contributed by atoms with E-state index < -0.39 is 0 Å². The van der Waals surface area contributed by atoms with Gasteiger partial charge < -0.3 is 20.1 Å². The first-order chi connectivity index (χ1) is 14.0. The first-order valence-corrected chi connectivity index (χ1v) is 11.2. The van der Waals surface area contributed by atoms with Gasteiger partial charge in [-0.1, -0.05) is 12.1 Å². The number of aliphatic imine (C=N–C) groups is 1. The van der Waals surface area contributed by atoms with E-state index in [0.29, 0.717) is 19.7 Å². The third-order valence-electron chi connectivity index (χ3n) is 4.90. The second-order valence-electron chi connectivity index (χ2n) is 7.36. The molecule has 1 unspecified atom stereocenters. The maximum atomic E-state index is 6.10. The molecule has 29 heavy (non-hydrogen) atoms. The first kappa shape index (κ1) is 21.6. The van der Waals surface area contributed by atoms with E-state index in [1.54, 1.807) is 11.3 Å². The van der Waals surface area contributed by atoms with Crippen LogP contribution in [0.4, 0.5) is 0 Å². The van der Waals surface area contributed by atoms with Gasteiger partial charge in [-0.25, -0.2) is 9.98 Å². The number of hydrogen-bond acceptors (Lipinski definition) is 5. The van der Waals surface area contributed by atoms with Crippen LogP contribution >= 0.6 is 11.3 Å². The highest BCUT2D eigenvalue weighted by Crippen LogP contribution is 2.23. The number of guanidine groups is 1. The van der Waals surface area contributed by atoms with Gasteiger partial charge in [0, 0.05) is 23.6 Å². The van der Waals surface area contributed by atoms with Crippen LogP contribution in [0.15, 0.2) is 23.2 Å². The van der Waals surface area contributed by atoms with Crippen molar-refractivity contribution in [2.24, 2.45) is 4.99 Å². The lowest BCUT2D eigenvalue weighted by Crippen LogP contribution is -2.36. The fraction of sp³-hybridized carbons (Fsp3) is 0.545. The van der Waals surface area contributed by atoms with Crippen molar-refractivity contribution in [3.05, 3.63) is 44.9 Å². The predicted molar refractivity (Wildman–Crippen MR) is 119 cm³/mol. The number of thiazole rings is 1. The van der Waals surface area contributed by atoms with Crippen molar-refractivity contribution < 1.29 is 9.47 Å². The van der Waals surface area contributed by atoms with Crippen molar-refractivity contribution in [2.45, 2.75) is 59.7 Å². The Hall–Kier alpha value is -2.12. The molecule has 158 valence electrons. The van der Waals surface area contributed by atoms with Crippen LogP contribution in [0.5, 0.6) is 5.75 Å². The van der Waals surface area contributed by atoms with Crippen LogP contribution in [0.1, 0.15) is 46.5 Å². The average Bonchev–Trinajstić information content (AvgIpc) is 3.33. The molecule has 1 atom stereocenters. The van der Waals surface area contributed by atoms with Crippen molar-refractivity contribution in [3.8, 4) is 5.75 Å². The third-order valence-corrected chi connectivity index (χ3v) is 5.98. The molecule has 0 amide bonds. The fourth-order valence-electron chi connectivity index (χ4n) is 3.17. The Morgan fingerprint density at radius 2 is 2.17 bits per heavy atom. The van der Waals surface area contributed by atoms with Crippen molar-refractivity contribution >= 4 is 17.3 Å². The molecule has 2 aromatic rings. The quantitative estimate of drug-likeness (QED) is 0.505. The van der Waals surface area contributed by atoms with Crippen molar-refractivity contribution in [2.75, 3.05) is 19.8 Å². The van der Waals surface area contributed by atoms with Gasteiger partial charge in [-0.3, -0.25) is 0 Å². The smallest absolute Gasteiger partial charge is 0.191 e. The number of aryl methyl sites for hydroxylation is 3. The van der Waals surface area contributed by atoms with Gasteiger partial charge in [0.2, 0.25) is 0 Å². The van der Waals surface area contributed by atoms with Crippen molar-refractivity contribution in [1.29, 1.82) is 0 Å². The first-order valence-electron chi connectivity index (χ1n) is 10.3. The van der Waals surface area contributed by atoms with E-state index >= 15 is 0 Å². The Labute approximate surface area is 177 Å². The highest BCUT2D eigenvalue weighted by atomic mass is 32.1. The van der Waals surface area contributed by atoms with Crippen LogP contribution in [-0.2, 0) is 17.8 Å². The number of hydrogen-bond donors (Lipinski definition) is 2. The standard InChI is InChI=1S/C22H32N4O2S/c1-5-23-22(25-13-21-26-16(3)17(4)29-21)24-12-18-9-8-15(2)11-20(18)28-14-19-7-6-10-27-19/h8-9,11,19H,5-7,10,12-14H2,1-4H3,(H2,23,24,25). The minimum absolute atomic E-state index is 0.205. The SMILES string of the molecule is CCNC(=NCc1ccc(C)cc1OCC1CCCO1)NCc1nc(C)c(C)s1. The van der Waals surface area contributed by atoms with Crippen LogP contribution in [0.2, 0.25) is 0 Å². The summed E-state index contributed by atoms with van der Waals surface area (Å²) >= 11 is 1.72. The van der Waals surface area contributed by atoms with E-state index in [2.05, 4.69) is 54.6 Å². The summed E-state index contributed by atoms with van der Waals surface area (Å²) in [6, 6.07) is 6.29. The Bertz CT molecular complexity index is 809. The number of ether oxygens (including phenoxy) is 2. The van der Waals surface area contributed by atoms with Gasteiger partial charge in [-0.2, -0.15) is 0 Å².